The summed E-state index contributed by atoms with van der Waals surface area (Å²) in [5, 5.41) is 14.7. The zero-order valence-electron chi connectivity index (χ0n) is 10.5. The summed E-state index contributed by atoms with van der Waals surface area (Å²) < 4.78 is 2.00. The number of nitrogens with zero attached hydrogens (tertiary/aromatic N) is 2. The molecule has 1 saturated carbocycles. The summed E-state index contributed by atoms with van der Waals surface area (Å²) in [6.07, 6.45) is 5.66. The van der Waals surface area contributed by atoms with E-state index in [1.54, 1.807) is 0 Å². The van der Waals surface area contributed by atoms with E-state index in [4.69, 9.17) is 0 Å². The van der Waals surface area contributed by atoms with Crippen LogP contribution in [0.2, 0.25) is 0 Å². The first-order valence-electron chi connectivity index (χ1n) is 6.29. The van der Waals surface area contributed by atoms with Crippen molar-refractivity contribution in [1.82, 2.24) is 9.78 Å². The molecule has 1 N–H and O–H groups in total. The van der Waals surface area contributed by atoms with E-state index in [2.05, 4.69) is 25.9 Å². The Bertz CT molecular complexity index is 353. The monoisotopic (exact) mass is 222 g/mol. The third-order valence-electron chi connectivity index (χ3n) is 3.67. The van der Waals surface area contributed by atoms with Crippen LogP contribution in [0.3, 0.4) is 0 Å². The Morgan fingerprint density at radius 2 is 2.31 bits per heavy atom. The lowest BCUT2D eigenvalue weighted by atomic mass is 9.70. The van der Waals surface area contributed by atoms with Crippen LogP contribution in [0.15, 0.2) is 12.3 Å². The largest absolute Gasteiger partial charge is 0.389 e. The molecule has 1 unspecified atom stereocenters. The van der Waals surface area contributed by atoms with Crippen molar-refractivity contribution in [2.75, 3.05) is 0 Å². The van der Waals surface area contributed by atoms with Crippen molar-refractivity contribution in [3.63, 3.8) is 0 Å². The highest BCUT2D eigenvalue weighted by Crippen LogP contribution is 2.39. The SMILES string of the molecule is CCC(C)n1ccc(CC2(O)CC(C)C2)n1. The highest BCUT2D eigenvalue weighted by Gasteiger charge is 2.40. The normalized spacial score (nSPS) is 31.1. The molecule has 3 heteroatoms. The number of hydrogen-bond acceptors (Lipinski definition) is 2. The van der Waals surface area contributed by atoms with Gasteiger partial charge < -0.3 is 5.11 Å². The van der Waals surface area contributed by atoms with Crippen LogP contribution in [0.1, 0.15) is 51.8 Å². The Morgan fingerprint density at radius 1 is 1.62 bits per heavy atom. The van der Waals surface area contributed by atoms with Gasteiger partial charge in [-0.2, -0.15) is 5.10 Å². The van der Waals surface area contributed by atoms with Crippen molar-refractivity contribution in [2.45, 2.75) is 58.1 Å². The second-order valence-corrected chi connectivity index (χ2v) is 5.46. The van der Waals surface area contributed by atoms with Crippen LogP contribution in [0, 0.1) is 5.92 Å². The summed E-state index contributed by atoms with van der Waals surface area (Å²) in [5.74, 6) is 0.668. The second kappa shape index (κ2) is 4.21. The molecule has 1 aromatic rings. The van der Waals surface area contributed by atoms with Crippen LogP contribution in [0.25, 0.3) is 0 Å². The number of rotatable bonds is 4. The molecule has 0 spiro atoms. The average molecular weight is 222 g/mol. The van der Waals surface area contributed by atoms with Gasteiger partial charge in [0.25, 0.3) is 0 Å². The third-order valence-corrected chi connectivity index (χ3v) is 3.67. The maximum Gasteiger partial charge on any atom is 0.0708 e. The highest BCUT2D eigenvalue weighted by molar-refractivity contribution is 5.08. The van der Waals surface area contributed by atoms with Gasteiger partial charge in [-0.15, -0.1) is 0 Å². The summed E-state index contributed by atoms with van der Waals surface area (Å²) in [5.41, 5.74) is 0.545. The van der Waals surface area contributed by atoms with Crippen molar-refractivity contribution >= 4 is 0 Å². The minimum atomic E-state index is -0.478. The zero-order chi connectivity index (χ0) is 11.8. The third kappa shape index (κ3) is 2.29. The van der Waals surface area contributed by atoms with Gasteiger partial charge in [-0.25, -0.2) is 0 Å². The Hall–Kier alpha value is -0.830. The van der Waals surface area contributed by atoms with Crippen LogP contribution in [0.5, 0.6) is 0 Å². The molecule has 0 saturated heterocycles. The number of aromatic nitrogens is 2. The lowest BCUT2D eigenvalue weighted by Gasteiger charge is -2.41. The van der Waals surface area contributed by atoms with Crippen molar-refractivity contribution in [2.24, 2.45) is 5.92 Å². The van der Waals surface area contributed by atoms with Gasteiger partial charge in [0.1, 0.15) is 0 Å². The van der Waals surface area contributed by atoms with Gasteiger partial charge in [0, 0.05) is 18.7 Å². The molecule has 1 aliphatic rings. The molecule has 1 aromatic heterocycles. The molecule has 0 radical (unpaired) electrons. The van der Waals surface area contributed by atoms with Crippen LogP contribution in [-0.2, 0) is 6.42 Å². The molecule has 3 nitrogen and oxygen atoms in total. The van der Waals surface area contributed by atoms with Gasteiger partial charge in [0.2, 0.25) is 0 Å². The van der Waals surface area contributed by atoms with Gasteiger partial charge in [0.15, 0.2) is 0 Å². The Labute approximate surface area is 97.5 Å². The minimum absolute atomic E-state index is 0.448. The molecule has 0 bridgehead atoms. The van der Waals surface area contributed by atoms with Crippen LogP contribution in [-0.4, -0.2) is 20.5 Å². The predicted molar refractivity (Wildman–Crippen MR) is 64.3 cm³/mol. The van der Waals surface area contributed by atoms with E-state index in [9.17, 15) is 5.11 Å². The number of hydrogen-bond donors (Lipinski definition) is 1. The van der Waals surface area contributed by atoms with E-state index < -0.39 is 5.60 Å². The molecule has 0 amide bonds. The van der Waals surface area contributed by atoms with E-state index in [1.807, 2.05) is 16.9 Å². The Kier molecular flexibility index (Phi) is 3.06. The fourth-order valence-electron chi connectivity index (χ4n) is 2.62. The minimum Gasteiger partial charge on any atom is -0.389 e. The van der Waals surface area contributed by atoms with Gasteiger partial charge >= 0.3 is 0 Å². The summed E-state index contributed by atoms with van der Waals surface area (Å²) in [6, 6.07) is 2.48. The summed E-state index contributed by atoms with van der Waals surface area (Å²) in [4.78, 5) is 0. The van der Waals surface area contributed by atoms with Crippen molar-refractivity contribution in [3.8, 4) is 0 Å². The first-order chi connectivity index (χ1) is 7.52. The zero-order valence-corrected chi connectivity index (χ0v) is 10.5. The fraction of sp³-hybridized carbons (Fsp3) is 0.769. The summed E-state index contributed by atoms with van der Waals surface area (Å²) in [6.45, 7) is 6.51. The molecule has 1 atom stereocenters. The first kappa shape index (κ1) is 11.6. The van der Waals surface area contributed by atoms with E-state index in [1.165, 1.54) is 0 Å². The standard InChI is InChI=1S/C13H22N2O/c1-4-11(3)15-6-5-12(14-15)9-13(16)7-10(2)8-13/h5-6,10-11,16H,4,7-9H2,1-3H3. The van der Waals surface area contributed by atoms with Gasteiger partial charge in [-0.1, -0.05) is 13.8 Å². The quantitative estimate of drug-likeness (QED) is 0.850. The lowest BCUT2D eigenvalue weighted by Crippen LogP contribution is -2.44. The molecule has 1 fully saturated rings. The maximum absolute atomic E-state index is 10.2. The Balaban J connectivity index is 1.98. The molecule has 2 rings (SSSR count). The van der Waals surface area contributed by atoms with Crippen LogP contribution >= 0.6 is 0 Å². The second-order valence-electron chi connectivity index (χ2n) is 5.46. The molecule has 0 aromatic carbocycles. The fourth-order valence-corrected chi connectivity index (χ4v) is 2.62. The molecule has 16 heavy (non-hydrogen) atoms. The van der Waals surface area contributed by atoms with E-state index >= 15 is 0 Å². The molecule has 0 aliphatic heterocycles. The topological polar surface area (TPSA) is 38.0 Å². The maximum atomic E-state index is 10.2. The van der Waals surface area contributed by atoms with Gasteiger partial charge in [-0.05, 0) is 38.2 Å². The molecule has 90 valence electrons. The van der Waals surface area contributed by atoms with Crippen LogP contribution < -0.4 is 0 Å². The lowest BCUT2D eigenvalue weighted by molar-refractivity contribution is -0.0673. The molecular formula is C13H22N2O. The molecular weight excluding hydrogens is 200 g/mol. The van der Waals surface area contributed by atoms with E-state index in [0.29, 0.717) is 18.4 Å². The first-order valence-corrected chi connectivity index (χ1v) is 6.29. The number of aliphatic hydroxyl groups is 1. The average Bonchev–Trinajstić information content (AvgIpc) is 2.62. The van der Waals surface area contributed by atoms with Gasteiger partial charge in [0.05, 0.1) is 11.3 Å². The van der Waals surface area contributed by atoms with Crippen molar-refractivity contribution in [3.05, 3.63) is 18.0 Å². The Morgan fingerprint density at radius 3 is 2.88 bits per heavy atom. The summed E-state index contributed by atoms with van der Waals surface area (Å²) >= 11 is 0. The van der Waals surface area contributed by atoms with Crippen LogP contribution in [0.4, 0.5) is 0 Å². The smallest absolute Gasteiger partial charge is 0.0708 e. The summed E-state index contributed by atoms with van der Waals surface area (Å²) in [7, 11) is 0. The van der Waals surface area contributed by atoms with E-state index in [-0.39, 0.29) is 0 Å². The van der Waals surface area contributed by atoms with Crippen molar-refractivity contribution in [1.29, 1.82) is 0 Å². The molecule has 1 heterocycles. The van der Waals surface area contributed by atoms with Gasteiger partial charge in [-0.3, -0.25) is 4.68 Å². The van der Waals surface area contributed by atoms with Crippen molar-refractivity contribution < 1.29 is 5.11 Å². The molecule has 1 aliphatic carbocycles. The van der Waals surface area contributed by atoms with E-state index in [0.717, 1.165) is 25.0 Å². The highest BCUT2D eigenvalue weighted by atomic mass is 16.3. The predicted octanol–water partition coefficient (Wildman–Crippen LogP) is 2.56.